The molecule has 0 unspecified atom stereocenters. The lowest BCUT2D eigenvalue weighted by Crippen LogP contribution is -2.33. The minimum atomic E-state index is -1.22. The summed E-state index contributed by atoms with van der Waals surface area (Å²) in [6.07, 6.45) is -0.0273. The van der Waals surface area contributed by atoms with Crippen molar-refractivity contribution in [3.8, 4) is 0 Å². The molecule has 1 atom stereocenters. The first-order chi connectivity index (χ1) is 12.5. The van der Waals surface area contributed by atoms with E-state index < -0.39 is 23.8 Å². The van der Waals surface area contributed by atoms with Crippen molar-refractivity contribution in [2.24, 2.45) is 5.92 Å². The van der Waals surface area contributed by atoms with E-state index in [4.69, 9.17) is 9.47 Å². The fourth-order valence-electron chi connectivity index (χ4n) is 2.76. The maximum absolute atomic E-state index is 12.7. The Hall–Kier alpha value is -2.47. The molecule has 0 aliphatic carbocycles. The van der Waals surface area contributed by atoms with Crippen LogP contribution in [0.25, 0.3) is 0 Å². The van der Waals surface area contributed by atoms with E-state index in [1.165, 1.54) is 14.2 Å². The van der Waals surface area contributed by atoms with Gasteiger partial charge in [0.05, 0.1) is 14.2 Å². The van der Waals surface area contributed by atoms with Crippen molar-refractivity contribution in [1.29, 1.82) is 0 Å². The lowest BCUT2D eigenvalue weighted by atomic mass is 9.81. The molecule has 0 aliphatic heterocycles. The van der Waals surface area contributed by atoms with E-state index in [0.29, 0.717) is 11.1 Å². The molecule has 0 saturated heterocycles. The number of ether oxygens (including phenoxy) is 2. The van der Waals surface area contributed by atoms with Crippen molar-refractivity contribution >= 4 is 33.7 Å². The zero-order valence-corrected chi connectivity index (χ0v) is 16.1. The maximum Gasteiger partial charge on any atom is 0.320 e. The molecule has 26 heavy (non-hydrogen) atoms. The Bertz CT molecular complexity index is 755. The second kappa shape index (κ2) is 9.29. The molecule has 136 valence electrons. The highest BCUT2D eigenvalue weighted by atomic mass is 79.9. The summed E-state index contributed by atoms with van der Waals surface area (Å²) < 4.78 is 10.4. The lowest BCUT2D eigenvalue weighted by Gasteiger charge is -2.23. The Morgan fingerprint density at radius 3 is 1.92 bits per heavy atom. The van der Waals surface area contributed by atoms with Crippen LogP contribution in [0.1, 0.15) is 28.3 Å². The van der Waals surface area contributed by atoms with Gasteiger partial charge in [-0.3, -0.25) is 14.4 Å². The molecule has 2 aromatic carbocycles. The quantitative estimate of drug-likeness (QED) is 0.388. The maximum atomic E-state index is 12.7. The van der Waals surface area contributed by atoms with Gasteiger partial charge in [0.15, 0.2) is 11.7 Å². The van der Waals surface area contributed by atoms with Crippen LogP contribution in [-0.4, -0.2) is 31.9 Å². The van der Waals surface area contributed by atoms with Crippen molar-refractivity contribution in [2.45, 2.75) is 12.3 Å². The number of rotatable bonds is 7. The molecule has 0 fully saturated rings. The first-order valence-corrected chi connectivity index (χ1v) is 8.76. The van der Waals surface area contributed by atoms with Crippen LogP contribution in [-0.2, 0) is 19.1 Å². The molecule has 2 rings (SSSR count). The lowest BCUT2D eigenvalue weighted by molar-refractivity contribution is -0.159. The number of carbonyl (C=O) groups is 3. The van der Waals surface area contributed by atoms with Crippen molar-refractivity contribution in [3.05, 3.63) is 70.2 Å². The summed E-state index contributed by atoms with van der Waals surface area (Å²) in [6, 6.07) is 15.9. The largest absolute Gasteiger partial charge is 0.468 e. The first-order valence-electron chi connectivity index (χ1n) is 7.97. The average molecular weight is 419 g/mol. The third-order valence-electron chi connectivity index (χ3n) is 4.11. The molecule has 0 bridgehead atoms. The highest BCUT2D eigenvalue weighted by Gasteiger charge is 2.39. The molecular weight excluding hydrogens is 400 g/mol. The smallest absolute Gasteiger partial charge is 0.320 e. The van der Waals surface area contributed by atoms with Crippen LogP contribution in [0.4, 0.5) is 0 Å². The molecule has 0 heterocycles. The minimum Gasteiger partial charge on any atom is -0.468 e. The molecule has 0 amide bonds. The van der Waals surface area contributed by atoms with Crippen LogP contribution < -0.4 is 0 Å². The predicted molar refractivity (Wildman–Crippen MR) is 99.8 cm³/mol. The van der Waals surface area contributed by atoms with Crippen molar-refractivity contribution in [3.63, 3.8) is 0 Å². The third kappa shape index (κ3) is 4.79. The van der Waals surface area contributed by atoms with Crippen LogP contribution in [0.5, 0.6) is 0 Å². The van der Waals surface area contributed by atoms with Crippen molar-refractivity contribution in [1.82, 2.24) is 0 Å². The molecule has 0 aliphatic rings. The van der Waals surface area contributed by atoms with Gasteiger partial charge in [-0.1, -0.05) is 58.4 Å². The topological polar surface area (TPSA) is 69.7 Å². The molecule has 5 nitrogen and oxygen atoms in total. The fourth-order valence-corrected chi connectivity index (χ4v) is 3.02. The van der Waals surface area contributed by atoms with Crippen molar-refractivity contribution in [2.75, 3.05) is 14.2 Å². The van der Waals surface area contributed by atoms with Crippen LogP contribution in [0.2, 0.25) is 0 Å². The normalized spacial score (nSPS) is 11.7. The van der Waals surface area contributed by atoms with E-state index in [-0.39, 0.29) is 12.2 Å². The standard InChI is InChI=1S/C20H19BrO5/c1-25-19(23)18(20(24)26-2)16(13-6-4-3-5-7-13)12-17(22)14-8-10-15(21)11-9-14/h3-11,16,18H,12H2,1-2H3/t16-/m0/s1. The monoisotopic (exact) mass is 418 g/mol. The molecule has 0 N–H and O–H groups in total. The van der Waals surface area contributed by atoms with E-state index in [2.05, 4.69) is 15.9 Å². The summed E-state index contributed by atoms with van der Waals surface area (Å²) in [5.74, 6) is -3.54. The zero-order chi connectivity index (χ0) is 19.1. The van der Waals surface area contributed by atoms with Crippen LogP contribution >= 0.6 is 15.9 Å². The number of Topliss-reactive ketones (excluding diaryl/α,β-unsaturated/α-hetero) is 1. The fraction of sp³-hybridized carbons (Fsp3) is 0.250. The predicted octanol–water partition coefficient (Wildman–Crippen LogP) is 3.77. The SMILES string of the molecule is COC(=O)C(C(=O)OC)[C@@H](CC(=O)c1ccc(Br)cc1)c1ccccc1. The number of halogens is 1. The van der Waals surface area contributed by atoms with Crippen LogP contribution in [0, 0.1) is 5.92 Å². The van der Waals surface area contributed by atoms with Gasteiger partial charge in [-0.25, -0.2) is 0 Å². The molecular formula is C20H19BrO5. The van der Waals surface area contributed by atoms with E-state index in [0.717, 1.165) is 4.47 Å². The Labute approximate surface area is 160 Å². The van der Waals surface area contributed by atoms with E-state index in [9.17, 15) is 14.4 Å². The zero-order valence-electron chi connectivity index (χ0n) is 14.5. The Kier molecular flexibility index (Phi) is 7.09. The Morgan fingerprint density at radius 1 is 0.885 bits per heavy atom. The molecule has 2 aromatic rings. The van der Waals surface area contributed by atoms with Gasteiger partial charge in [-0.05, 0) is 17.7 Å². The number of ketones is 1. The Morgan fingerprint density at radius 2 is 1.42 bits per heavy atom. The molecule has 0 saturated carbocycles. The van der Waals surface area contributed by atoms with Gasteiger partial charge >= 0.3 is 11.9 Å². The van der Waals surface area contributed by atoms with Gasteiger partial charge in [0, 0.05) is 22.4 Å². The van der Waals surface area contributed by atoms with E-state index in [1.54, 1.807) is 48.5 Å². The summed E-state index contributed by atoms with van der Waals surface area (Å²) in [5, 5.41) is 0. The van der Waals surface area contributed by atoms with Gasteiger partial charge < -0.3 is 9.47 Å². The second-order valence-electron chi connectivity index (χ2n) is 5.68. The first kappa shape index (κ1) is 19.8. The van der Waals surface area contributed by atoms with Crippen LogP contribution in [0.15, 0.2) is 59.1 Å². The summed E-state index contributed by atoms with van der Waals surface area (Å²) in [6.45, 7) is 0. The highest BCUT2D eigenvalue weighted by Crippen LogP contribution is 2.32. The van der Waals surface area contributed by atoms with Gasteiger partial charge in [0.25, 0.3) is 0 Å². The second-order valence-corrected chi connectivity index (χ2v) is 6.59. The van der Waals surface area contributed by atoms with E-state index >= 15 is 0 Å². The summed E-state index contributed by atoms with van der Waals surface area (Å²) >= 11 is 3.33. The van der Waals surface area contributed by atoms with Gasteiger partial charge in [0.1, 0.15) is 0 Å². The molecule has 0 aromatic heterocycles. The number of hydrogen-bond acceptors (Lipinski definition) is 5. The molecule has 0 radical (unpaired) electrons. The Balaban J connectivity index is 2.40. The number of hydrogen-bond donors (Lipinski definition) is 0. The molecule has 0 spiro atoms. The number of methoxy groups -OCH3 is 2. The van der Waals surface area contributed by atoms with Crippen molar-refractivity contribution < 1.29 is 23.9 Å². The van der Waals surface area contributed by atoms with Gasteiger partial charge in [0.2, 0.25) is 0 Å². The molecule has 6 heteroatoms. The van der Waals surface area contributed by atoms with Gasteiger partial charge in [-0.2, -0.15) is 0 Å². The number of benzene rings is 2. The third-order valence-corrected chi connectivity index (χ3v) is 4.64. The minimum absolute atomic E-state index is 0.0273. The van der Waals surface area contributed by atoms with Crippen LogP contribution in [0.3, 0.4) is 0 Å². The van der Waals surface area contributed by atoms with E-state index in [1.807, 2.05) is 6.07 Å². The van der Waals surface area contributed by atoms with Gasteiger partial charge in [-0.15, -0.1) is 0 Å². The number of carbonyl (C=O) groups excluding carboxylic acids is 3. The summed E-state index contributed by atoms with van der Waals surface area (Å²) in [7, 11) is 2.41. The average Bonchev–Trinajstić information content (AvgIpc) is 2.68. The summed E-state index contributed by atoms with van der Waals surface area (Å²) in [4.78, 5) is 37.2. The number of esters is 2. The summed E-state index contributed by atoms with van der Waals surface area (Å²) in [5.41, 5.74) is 1.20. The highest BCUT2D eigenvalue weighted by molar-refractivity contribution is 9.10.